The molecule has 2 rings (SSSR count). The third-order valence-electron chi connectivity index (χ3n) is 3.37. The lowest BCUT2D eigenvalue weighted by Gasteiger charge is -2.21. The molecule has 2 N–H and O–H groups in total. The summed E-state index contributed by atoms with van der Waals surface area (Å²) < 4.78 is 29.0. The van der Waals surface area contributed by atoms with Gasteiger partial charge < -0.3 is 5.11 Å². The number of aliphatic hydroxyl groups excluding tert-OH is 1. The summed E-state index contributed by atoms with van der Waals surface area (Å²) in [6.45, 7) is 0.854. The molecule has 0 bridgehead atoms. The van der Waals surface area contributed by atoms with E-state index < -0.39 is 10.2 Å². The highest BCUT2D eigenvalue weighted by molar-refractivity contribution is 7.90. The predicted octanol–water partition coefficient (Wildman–Crippen LogP) is 1.56. The molecule has 1 fully saturated rings. The van der Waals surface area contributed by atoms with Crippen molar-refractivity contribution in [2.75, 3.05) is 24.4 Å². The van der Waals surface area contributed by atoms with Crippen molar-refractivity contribution in [3.63, 3.8) is 0 Å². The number of hydrogen-bond acceptors (Lipinski definition) is 3. The minimum Gasteiger partial charge on any atom is -0.384 e. The van der Waals surface area contributed by atoms with Crippen molar-refractivity contribution in [1.29, 1.82) is 0 Å². The predicted molar refractivity (Wildman–Crippen MR) is 83.0 cm³/mol. The van der Waals surface area contributed by atoms with Gasteiger partial charge in [-0.3, -0.25) is 4.72 Å². The van der Waals surface area contributed by atoms with Gasteiger partial charge in [-0.15, -0.1) is 0 Å². The topological polar surface area (TPSA) is 69.6 Å². The minimum atomic E-state index is -3.55. The lowest BCUT2D eigenvalue weighted by Crippen LogP contribution is -2.36. The molecule has 1 aliphatic heterocycles. The summed E-state index contributed by atoms with van der Waals surface area (Å²) >= 11 is 0. The van der Waals surface area contributed by atoms with Crippen LogP contribution in [-0.4, -0.2) is 37.5 Å². The third kappa shape index (κ3) is 4.46. The average Bonchev–Trinajstić information content (AvgIpc) is 2.76. The van der Waals surface area contributed by atoms with Gasteiger partial charge in [0.15, 0.2) is 0 Å². The van der Waals surface area contributed by atoms with E-state index in [1.54, 1.807) is 24.3 Å². The fraction of sp³-hybridized carbons (Fsp3) is 0.467. The number of para-hydroxylation sites is 1. The fourth-order valence-corrected chi connectivity index (χ4v) is 3.63. The molecule has 5 nitrogen and oxygen atoms in total. The van der Waals surface area contributed by atoms with E-state index in [4.69, 9.17) is 5.11 Å². The Labute approximate surface area is 126 Å². The van der Waals surface area contributed by atoms with Crippen molar-refractivity contribution < 1.29 is 13.5 Å². The molecule has 0 aliphatic carbocycles. The first-order chi connectivity index (χ1) is 10.1. The molecular formula is C15H20N2O3S. The normalized spacial score (nSPS) is 16.6. The van der Waals surface area contributed by atoms with Crippen LogP contribution in [0.3, 0.4) is 0 Å². The number of benzene rings is 1. The van der Waals surface area contributed by atoms with E-state index in [1.165, 1.54) is 4.31 Å². The van der Waals surface area contributed by atoms with E-state index in [0.29, 0.717) is 24.3 Å². The third-order valence-corrected chi connectivity index (χ3v) is 4.90. The van der Waals surface area contributed by atoms with Crippen LogP contribution in [-0.2, 0) is 10.2 Å². The summed E-state index contributed by atoms with van der Waals surface area (Å²) in [7, 11) is -3.55. The van der Waals surface area contributed by atoms with Crippen LogP contribution in [0.2, 0.25) is 0 Å². The smallest absolute Gasteiger partial charge is 0.301 e. The summed E-state index contributed by atoms with van der Waals surface area (Å²) in [4.78, 5) is 0. The van der Waals surface area contributed by atoms with Crippen molar-refractivity contribution in [2.24, 2.45) is 0 Å². The second kappa shape index (κ2) is 7.46. The molecule has 21 heavy (non-hydrogen) atoms. The maximum atomic E-state index is 12.5. The highest BCUT2D eigenvalue weighted by Gasteiger charge is 2.23. The summed E-state index contributed by atoms with van der Waals surface area (Å²) in [5.41, 5.74) is 1.01. The van der Waals surface area contributed by atoms with Gasteiger partial charge >= 0.3 is 10.2 Å². The Hall–Kier alpha value is -1.55. The highest BCUT2D eigenvalue weighted by atomic mass is 32.2. The Morgan fingerprint density at radius 2 is 1.81 bits per heavy atom. The summed E-state index contributed by atoms with van der Waals surface area (Å²) in [6.07, 6.45) is 3.94. The van der Waals surface area contributed by atoms with Gasteiger partial charge in [-0.2, -0.15) is 12.7 Å². The van der Waals surface area contributed by atoms with Crippen LogP contribution in [0.4, 0.5) is 5.69 Å². The Kier molecular flexibility index (Phi) is 5.62. The van der Waals surface area contributed by atoms with Gasteiger partial charge in [0, 0.05) is 18.7 Å². The van der Waals surface area contributed by atoms with Crippen LogP contribution in [0.1, 0.15) is 31.2 Å². The second-order valence-electron chi connectivity index (χ2n) is 4.93. The van der Waals surface area contributed by atoms with Crippen molar-refractivity contribution in [3.05, 3.63) is 29.8 Å². The largest absolute Gasteiger partial charge is 0.384 e. The molecule has 1 aromatic rings. The number of nitrogens with one attached hydrogen (secondary N) is 1. The molecule has 6 heteroatoms. The number of hydrogen-bond donors (Lipinski definition) is 2. The zero-order valence-corrected chi connectivity index (χ0v) is 12.7. The first-order valence-electron chi connectivity index (χ1n) is 7.10. The molecular weight excluding hydrogens is 288 g/mol. The lowest BCUT2D eigenvalue weighted by atomic mass is 10.2. The van der Waals surface area contributed by atoms with Gasteiger partial charge in [0.25, 0.3) is 0 Å². The highest BCUT2D eigenvalue weighted by Crippen LogP contribution is 2.19. The maximum absolute atomic E-state index is 12.5. The van der Waals surface area contributed by atoms with Gasteiger partial charge in [0.2, 0.25) is 0 Å². The Bertz CT molecular complexity index is 624. The second-order valence-corrected chi connectivity index (χ2v) is 6.60. The van der Waals surface area contributed by atoms with Gasteiger partial charge in [0.1, 0.15) is 6.61 Å². The van der Waals surface area contributed by atoms with Gasteiger partial charge in [0.05, 0.1) is 5.69 Å². The van der Waals surface area contributed by atoms with Crippen molar-refractivity contribution in [3.8, 4) is 11.8 Å². The molecule has 0 amide bonds. The van der Waals surface area contributed by atoms with Crippen molar-refractivity contribution in [2.45, 2.75) is 25.7 Å². The van der Waals surface area contributed by atoms with E-state index in [1.807, 2.05) is 0 Å². The molecule has 114 valence electrons. The van der Waals surface area contributed by atoms with Crippen molar-refractivity contribution in [1.82, 2.24) is 4.31 Å². The number of nitrogens with zero attached hydrogens (tertiary/aromatic N) is 1. The quantitative estimate of drug-likeness (QED) is 0.833. The van der Waals surface area contributed by atoms with Crippen LogP contribution in [0.15, 0.2) is 24.3 Å². The van der Waals surface area contributed by atoms with Gasteiger partial charge in [-0.05, 0) is 25.0 Å². The van der Waals surface area contributed by atoms with Crippen LogP contribution < -0.4 is 4.72 Å². The fourth-order valence-electron chi connectivity index (χ4n) is 2.30. The monoisotopic (exact) mass is 308 g/mol. The number of rotatable bonds is 3. The molecule has 0 unspecified atom stereocenters. The molecule has 0 radical (unpaired) electrons. The Balaban J connectivity index is 2.20. The Morgan fingerprint density at radius 1 is 1.14 bits per heavy atom. The van der Waals surface area contributed by atoms with Gasteiger partial charge in [-0.25, -0.2) is 0 Å². The number of aliphatic hydroxyl groups is 1. The van der Waals surface area contributed by atoms with E-state index >= 15 is 0 Å². The standard InChI is InChI=1S/C15H20N2O3S/c18-13-7-9-14-8-3-4-10-15(14)16-21(19,20)17-11-5-1-2-6-12-17/h3-4,8,10,16,18H,1-2,5-6,11-13H2. The molecule has 0 saturated carbocycles. The molecule has 1 heterocycles. The van der Waals surface area contributed by atoms with Crippen LogP contribution in [0, 0.1) is 11.8 Å². The maximum Gasteiger partial charge on any atom is 0.301 e. The molecule has 0 aromatic heterocycles. The van der Waals surface area contributed by atoms with E-state index in [-0.39, 0.29) is 6.61 Å². The van der Waals surface area contributed by atoms with Crippen molar-refractivity contribution >= 4 is 15.9 Å². The summed E-state index contributed by atoms with van der Waals surface area (Å²) in [6, 6.07) is 6.94. The first-order valence-corrected chi connectivity index (χ1v) is 8.54. The van der Waals surface area contributed by atoms with Gasteiger partial charge in [-0.1, -0.05) is 36.8 Å². The number of anilines is 1. The molecule has 0 atom stereocenters. The molecule has 1 saturated heterocycles. The van der Waals surface area contributed by atoms with Crippen LogP contribution >= 0.6 is 0 Å². The minimum absolute atomic E-state index is 0.257. The molecule has 1 aromatic carbocycles. The van der Waals surface area contributed by atoms with E-state index in [0.717, 1.165) is 25.7 Å². The van der Waals surface area contributed by atoms with E-state index in [9.17, 15) is 8.42 Å². The zero-order valence-electron chi connectivity index (χ0n) is 11.9. The average molecular weight is 308 g/mol. The summed E-state index contributed by atoms with van der Waals surface area (Å²) in [5, 5.41) is 8.77. The SMILES string of the molecule is O=S(=O)(Nc1ccccc1C#CCO)N1CCCCCC1. The lowest BCUT2D eigenvalue weighted by molar-refractivity contribution is 0.350. The Morgan fingerprint density at radius 3 is 2.48 bits per heavy atom. The summed E-state index contributed by atoms with van der Waals surface area (Å²) in [5.74, 6) is 5.29. The molecule has 0 spiro atoms. The van der Waals surface area contributed by atoms with Crippen LogP contribution in [0.25, 0.3) is 0 Å². The zero-order chi connectivity index (χ0) is 15.1. The van der Waals surface area contributed by atoms with E-state index in [2.05, 4.69) is 16.6 Å². The molecule has 1 aliphatic rings. The van der Waals surface area contributed by atoms with Crippen LogP contribution in [0.5, 0.6) is 0 Å². The first kappa shape index (κ1) is 15.8.